The number of hydrogen-bond acceptors (Lipinski definition) is 3. The second-order valence-electron chi connectivity index (χ2n) is 3.12. The van der Waals surface area contributed by atoms with Gasteiger partial charge in [0.15, 0.2) is 0 Å². The van der Waals surface area contributed by atoms with E-state index >= 15 is 0 Å². The molecule has 1 rings (SSSR count). The Morgan fingerprint density at radius 3 is 2.57 bits per heavy atom. The summed E-state index contributed by atoms with van der Waals surface area (Å²) in [7, 11) is 1.39. The number of methoxy groups -OCH3 is 1. The molecule has 2 N–H and O–H groups in total. The van der Waals surface area contributed by atoms with E-state index in [1.165, 1.54) is 7.11 Å². The Morgan fingerprint density at radius 2 is 2.07 bits per heavy atom. The molecule has 0 fully saturated rings. The zero-order valence-electron chi connectivity index (χ0n) is 8.27. The van der Waals surface area contributed by atoms with Crippen molar-refractivity contribution >= 4 is 5.97 Å². The van der Waals surface area contributed by atoms with Crippen LogP contribution in [0, 0.1) is 0 Å². The molecular weight excluding hydrogens is 178 g/mol. The van der Waals surface area contributed by atoms with Gasteiger partial charge in [0.1, 0.15) is 0 Å². The molecule has 76 valence electrons. The SMILES string of the molecule is COC(=O)CC(CN)c1ccccc1. The van der Waals surface area contributed by atoms with E-state index in [1.54, 1.807) is 0 Å². The van der Waals surface area contributed by atoms with E-state index in [9.17, 15) is 4.79 Å². The van der Waals surface area contributed by atoms with Crippen molar-refractivity contribution < 1.29 is 9.53 Å². The first kappa shape index (κ1) is 10.7. The van der Waals surface area contributed by atoms with Crippen LogP contribution in [0.1, 0.15) is 17.9 Å². The summed E-state index contributed by atoms with van der Waals surface area (Å²) in [5, 5.41) is 0. The molecule has 3 nitrogen and oxygen atoms in total. The lowest BCUT2D eigenvalue weighted by molar-refractivity contribution is -0.141. The first-order chi connectivity index (χ1) is 6.77. The van der Waals surface area contributed by atoms with Crippen molar-refractivity contribution in [3.8, 4) is 0 Å². The van der Waals surface area contributed by atoms with Gasteiger partial charge in [-0.05, 0) is 12.1 Å². The summed E-state index contributed by atoms with van der Waals surface area (Å²) >= 11 is 0. The second-order valence-corrected chi connectivity index (χ2v) is 3.12. The number of benzene rings is 1. The third-order valence-electron chi connectivity index (χ3n) is 2.20. The lowest BCUT2D eigenvalue weighted by Crippen LogP contribution is -2.17. The number of carbonyl (C=O) groups is 1. The molecule has 0 radical (unpaired) electrons. The molecule has 0 amide bonds. The van der Waals surface area contributed by atoms with Crippen LogP contribution in [0.5, 0.6) is 0 Å². The monoisotopic (exact) mass is 193 g/mol. The van der Waals surface area contributed by atoms with Crippen LogP contribution < -0.4 is 5.73 Å². The summed E-state index contributed by atoms with van der Waals surface area (Å²) in [5.74, 6) is -0.159. The number of nitrogens with two attached hydrogens (primary N) is 1. The van der Waals surface area contributed by atoms with Gasteiger partial charge < -0.3 is 10.5 Å². The fourth-order valence-electron chi connectivity index (χ4n) is 1.35. The predicted octanol–water partition coefficient (Wildman–Crippen LogP) is 1.29. The Labute approximate surface area is 83.9 Å². The number of esters is 1. The molecule has 0 bridgehead atoms. The predicted molar refractivity (Wildman–Crippen MR) is 54.9 cm³/mol. The van der Waals surface area contributed by atoms with Gasteiger partial charge in [0.2, 0.25) is 0 Å². The van der Waals surface area contributed by atoms with Crippen LogP contribution in [0.25, 0.3) is 0 Å². The van der Waals surface area contributed by atoms with Gasteiger partial charge in [-0.15, -0.1) is 0 Å². The summed E-state index contributed by atoms with van der Waals surface area (Å²) in [5.41, 5.74) is 6.68. The van der Waals surface area contributed by atoms with Gasteiger partial charge in [-0.2, -0.15) is 0 Å². The quantitative estimate of drug-likeness (QED) is 0.733. The molecular formula is C11H15NO2. The minimum absolute atomic E-state index is 0.0589. The molecule has 0 aromatic heterocycles. The van der Waals surface area contributed by atoms with Crippen LogP contribution >= 0.6 is 0 Å². The molecule has 14 heavy (non-hydrogen) atoms. The minimum Gasteiger partial charge on any atom is -0.469 e. The summed E-state index contributed by atoms with van der Waals surface area (Å²) in [6.07, 6.45) is 0.344. The van der Waals surface area contributed by atoms with Crippen molar-refractivity contribution in [3.05, 3.63) is 35.9 Å². The van der Waals surface area contributed by atoms with Crippen molar-refractivity contribution in [3.63, 3.8) is 0 Å². The molecule has 3 heteroatoms. The van der Waals surface area contributed by atoms with Crippen LogP contribution in [0.3, 0.4) is 0 Å². The highest BCUT2D eigenvalue weighted by molar-refractivity contribution is 5.70. The van der Waals surface area contributed by atoms with Crippen molar-refractivity contribution in [1.29, 1.82) is 0 Å². The van der Waals surface area contributed by atoms with E-state index < -0.39 is 0 Å². The van der Waals surface area contributed by atoms with Crippen LogP contribution in [0.4, 0.5) is 0 Å². The third kappa shape index (κ3) is 2.85. The summed E-state index contributed by atoms with van der Waals surface area (Å²) in [4.78, 5) is 11.1. The van der Waals surface area contributed by atoms with Crippen molar-refractivity contribution in [1.82, 2.24) is 0 Å². The largest absolute Gasteiger partial charge is 0.469 e. The second kappa shape index (κ2) is 5.40. The molecule has 0 spiro atoms. The average molecular weight is 193 g/mol. The van der Waals surface area contributed by atoms with E-state index in [4.69, 9.17) is 5.73 Å². The van der Waals surface area contributed by atoms with Gasteiger partial charge >= 0.3 is 5.97 Å². The molecule has 1 aromatic rings. The molecule has 1 aromatic carbocycles. The van der Waals surface area contributed by atoms with E-state index in [-0.39, 0.29) is 11.9 Å². The molecule has 0 aliphatic heterocycles. The lowest BCUT2D eigenvalue weighted by atomic mass is 9.96. The van der Waals surface area contributed by atoms with Gasteiger partial charge in [-0.3, -0.25) is 4.79 Å². The summed E-state index contributed by atoms with van der Waals surface area (Å²) in [6, 6.07) is 9.76. The normalized spacial score (nSPS) is 12.1. The van der Waals surface area contributed by atoms with Gasteiger partial charge in [0, 0.05) is 5.92 Å². The zero-order chi connectivity index (χ0) is 10.4. The van der Waals surface area contributed by atoms with E-state index in [1.807, 2.05) is 30.3 Å². The lowest BCUT2D eigenvalue weighted by Gasteiger charge is -2.13. The molecule has 0 aliphatic carbocycles. The van der Waals surface area contributed by atoms with Crippen LogP contribution in [-0.2, 0) is 9.53 Å². The highest BCUT2D eigenvalue weighted by Crippen LogP contribution is 2.18. The fourth-order valence-corrected chi connectivity index (χ4v) is 1.35. The van der Waals surface area contributed by atoms with Crippen molar-refractivity contribution in [2.45, 2.75) is 12.3 Å². The summed E-state index contributed by atoms with van der Waals surface area (Å²) in [6.45, 7) is 0.457. The maximum atomic E-state index is 11.1. The Morgan fingerprint density at radius 1 is 1.43 bits per heavy atom. The Balaban J connectivity index is 2.68. The molecule has 0 heterocycles. The molecule has 0 saturated carbocycles. The smallest absolute Gasteiger partial charge is 0.306 e. The zero-order valence-corrected chi connectivity index (χ0v) is 8.27. The van der Waals surface area contributed by atoms with Gasteiger partial charge in [0.25, 0.3) is 0 Å². The summed E-state index contributed by atoms with van der Waals surface area (Å²) < 4.78 is 4.61. The van der Waals surface area contributed by atoms with Crippen LogP contribution in [0.15, 0.2) is 30.3 Å². The first-order valence-corrected chi connectivity index (χ1v) is 4.59. The third-order valence-corrected chi connectivity index (χ3v) is 2.20. The first-order valence-electron chi connectivity index (χ1n) is 4.59. The highest BCUT2D eigenvalue weighted by atomic mass is 16.5. The van der Waals surface area contributed by atoms with Gasteiger partial charge in [-0.25, -0.2) is 0 Å². The van der Waals surface area contributed by atoms with E-state index in [0.717, 1.165) is 5.56 Å². The average Bonchev–Trinajstić information content (AvgIpc) is 2.26. The topological polar surface area (TPSA) is 52.3 Å². The molecule has 0 saturated heterocycles. The number of hydrogen-bond donors (Lipinski definition) is 1. The van der Waals surface area contributed by atoms with E-state index in [2.05, 4.69) is 4.74 Å². The standard InChI is InChI=1S/C11H15NO2/c1-14-11(13)7-10(8-12)9-5-3-2-4-6-9/h2-6,10H,7-8,12H2,1H3. The molecule has 1 unspecified atom stereocenters. The van der Waals surface area contributed by atoms with E-state index in [0.29, 0.717) is 13.0 Å². The molecule has 1 atom stereocenters. The van der Waals surface area contributed by atoms with Gasteiger partial charge in [0.05, 0.1) is 13.5 Å². The Kier molecular flexibility index (Phi) is 4.13. The van der Waals surface area contributed by atoms with Gasteiger partial charge in [-0.1, -0.05) is 30.3 Å². The minimum atomic E-state index is -0.218. The van der Waals surface area contributed by atoms with Crippen LogP contribution in [-0.4, -0.2) is 19.6 Å². The van der Waals surface area contributed by atoms with Crippen LogP contribution in [0.2, 0.25) is 0 Å². The highest BCUT2D eigenvalue weighted by Gasteiger charge is 2.14. The van der Waals surface area contributed by atoms with Crippen molar-refractivity contribution in [2.24, 2.45) is 5.73 Å². The maximum absolute atomic E-state index is 11.1. The Bertz CT molecular complexity index is 285. The molecule has 0 aliphatic rings. The number of carbonyl (C=O) groups excluding carboxylic acids is 1. The number of rotatable bonds is 4. The Hall–Kier alpha value is -1.35. The fraction of sp³-hybridized carbons (Fsp3) is 0.364. The maximum Gasteiger partial charge on any atom is 0.306 e. The number of ether oxygens (including phenoxy) is 1. The van der Waals surface area contributed by atoms with Crippen molar-refractivity contribution in [2.75, 3.05) is 13.7 Å².